The van der Waals surface area contributed by atoms with Crippen molar-refractivity contribution >= 4 is 23.5 Å². The van der Waals surface area contributed by atoms with Crippen LogP contribution in [0.1, 0.15) is 25.7 Å². The van der Waals surface area contributed by atoms with Crippen molar-refractivity contribution in [3.63, 3.8) is 0 Å². The molecule has 13 heavy (non-hydrogen) atoms. The Hall–Kier alpha value is -0.770. The molecule has 0 aromatic rings. The lowest BCUT2D eigenvalue weighted by Crippen LogP contribution is -2.46. The topological polar surface area (TPSA) is 74.6 Å². The first-order valence-corrected chi connectivity index (χ1v) is 4.51. The lowest BCUT2D eigenvalue weighted by atomic mass is 9.78. The van der Waals surface area contributed by atoms with E-state index in [2.05, 4.69) is 0 Å². The van der Waals surface area contributed by atoms with E-state index in [1.807, 2.05) is 0 Å². The minimum atomic E-state index is -1.59. The van der Waals surface area contributed by atoms with Gasteiger partial charge >= 0.3 is 11.9 Å². The number of carboxylic acids is 2. The number of aliphatic carboxylic acids is 2. The summed E-state index contributed by atoms with van der Waals surface area (Å²) in [5, 5.41) is 17.6. The second kappa shape index (κ2) is 3.54. The van der Waals surface area contributed by atoms with Crippen molar-refractivity contribution in [2.24, 2.45) is 5.92 Å². The molecule has 2 N–H and O–H groups in total. The zero-order valence-electron chi connectivity index (χ0n) is 6.99. The van der Waals surface area contributed by atoms with Gasteiger partial charge in [-0.2, -0.15) is 0 Å². The molecule has 0 spiro atoms. The molecule has 1 saturated carbocycles. The number of halogens is 1. The molecule has 0 bridgehead atoms. The maximum absolute atomic E-state index is 10.8. The maximum atomic E-state index is 10.8. The lowest BCUT2D eigenvalue weighted by Gasteiger charge is -2.32. The first-order chi connectivity index (χ1) is 5.98. The van der Waals surface area contributed by atoms with Crippen molar-refractivity contribution < 1.29 is 19.8 Å². The average Bonchev–Trinajstić information content (AvgIpc) is 2.04. The van der Waals surface area contributed by atoms with Gasteiger partial charge in [0.05, 0.1) is 5.92 Å². The minimum Gasteiger partial charge on any atom is -0.481 e. The van der Waals surface area contributed by atoms with Crippen molar-refractivity contribution in [1.82, 2.24) is 0 Å². The van der Waals surface area contributed by atoms with Crippen LogP contribution >= 0.6 is 11.6 Å². The Labute approximate surface area is 80.5 Å². The number of carbonyl (C=O) groups is 2. The number of carboxylic acid groups (broad SMARTS) is 2. The van der Waals surface area contributed by atoms with Crippen LogP contribution in [0.4, 0.5) is 0 Å². The predicted octanol–water partition coefficient (Wildman–Crippen LogP) is 1.32. The highest BCUT2D eigenvalue weighted by molar-refractivity contribution is 6.35. The van der Waals surface area contributed by atoms with Gasteiger partial charge in [0.1, 0.15) is 0 Å². The highest BCUT2D eigenvalue weighted by atomic mass is 35.5. The van der Waals surface area contributed by atoms with E-state index in [0.29, 0.717) is 12.8 Å². The molecule has 0 heterocycles. The highest BCUT2D eigenvalue weighted by Crippen LogP contribution is 2.39. The van der Waals surface area contributed by atoms with Gasteiger partial charge in [-0.05, 0) is 12.8 Å². The standard InChI is InChI=1S/C8H11ClO4/c9-8(7(12)13)4-2-1-3-5(8)6(10)11/h5H,1-4H2,(H,10,11)(H,12,13). The zero-order valence-corrected chi connectivity index (χ0v) is 7.75. The predicted molar refractivity (Wildman–Crippen MR) is 45.8 cm³/mol. The molecule has 1 aliphatic rings. The van der Waals surface area contributed by atoms with Crippen molar-refractivity contribution in [2.45, 2.75) is 30.6 Å². The first kappa shape index (κ1) is 10.3. The van der Waals surface area contributed by atoms with Gasteiger partial charge in [0, 0.05) is 0 Å². The van der Waals surface area contributed by atoms with E-state index in [4.69, 9.17) is 21.8 Å². The monoisotopic (exact) mass is 206 g/mol. The van der Waals surface area contributed by atoms with Gasteiger partial charge in [-0.3, -0.25) is 9.59 Å². The Balaban J connectivity index is 2.89. The molecular weight excluding hydrogens is 196 g/mol. The van der Waals surface area contributed by atoms with E-state index in [-0.39, 0.29) is 6.42 Å². The summed E-state index contributed by atoms with van der Waals surface area (Å²) in [5.74, 6) is -3.29. The number of alkyl halides is 1. The number of hydrogen-bond donors (Lipinski definition) is 2. The molecule has 1 fully saturated rings. The first-order valence-electron chi connectivity index (χ1n) is 4.13. The van der Waals surface area contributed by atoms with Gasteiger partial charge in [0.25, 0.3) is 0 Å². The van der Waals surface area contributed by atoms with Gasteiger partial charge in [0.2, 0.25) is 0 Å². The van der Waals surface area contributed by atoms with Crippen LogP contribution in [-0.2, 0) is 9.59 Å². The molecule has 2 unspecified atom stereocenters. The molecule has 2 atom stereocenters. The number of hydrogen-bond acceptors (Lipinski definition) is 2. The molecule has 0 saturated heterocycles. The van der Waals surface area contributed by atoms with E-state index in [1.165, 1.54) is 0 Å². The average molecular weight is 207 g/mol. The molecule has 0 aromatic carbocycles. The normalized spacial score (nSPS) is 34.1. The summed E-state index contributed by atoms with van der Waals surface area (Å²) < 4.78 is 0. The summed E-state index contributed by atoms with van der Waals surface area (Å²) in [5.41, 5.74) is 0. The van der Waals surface area contributed by atoms with Crippen molar-refractivity contribution in [3.05, 3.63) is 0 Å². The van der Waals surface area contributed by atoms with Crippen molar-refractivity contribution in [1.29, 1.82) is 0 Å². The van der Waals surface area contributed by atoms with E-state index < -0.39 is 22.7 Å². The largest absolute Gasteiger partial charge is 0.481 e. The molecule has 4 nitrogen and oxygen atoms in total. The molecule has 0 aromatic heterocycles. The van der Waals surface area contributed by atoms with Crippen molar-refractivity contribution in [2.75, 3.05) is 0 Å². The van der Waals surface area contributed by atoms with Gasteiger partial charge < -0.3 is 10.2 Å². The molecule has 0 aliphatic heterocycles. The minimum absolute atomic E-state index is 0.237. The summed E-state index contributed by atoms with van der Waals surface area (Å²) in [6.45, 7) is 0. The zero-order chi connectivity index (χ0) is 10.1. The highest BCUT2D eigenvalue weighted by Gasteiger charge is 2.49. The van der Waals surface area contributed by atoms with Crippen LogP contribution in [0.2, 0.25) is 0 Å². The van der Waals surface area contributed by atoms with Crippen LogP contribution in [0.15, 0.2) is 0 Å². The molecule has 0 amide bonds. The van der Waals surface area contributed by atoms with E-state index in [0.717, 1.165) is 6.42 Å². The Morgan fingerprint density at radius 3 is 2.31 bits per heavy atom. The molecule has 5 heteroatoms. The second-order valence-corrected chi connectivity index (χ2v) is 3.98. The Kier molecular flexibility index (Phi) is 2.81. The summed E-state index contributed by atoms with van der Waals surface area (Å²) in [7, 11) is 0. The van der Waals surface area contributed by atoms with Crippen LogP contribution in [-0.4, -0.2) is 27.0 Å². The van der Waals surface area contributed by atoms with E-state index >= 15 is 0 Å². The van der Waals surface area contributed by atoms with E-state index in [1.54, 1.807) is 0 Å². The van der Waals surface area contributed by atoms with Crippen LogP contribution in [0.25, 0.3) is 0 Å². The number of rotatable bonds is 2. The third kappa shape index (κ3) is 1.77. The molecular formula is C8H11ClO4. The van der Waals surface area contributed by atoms with Crippen LogP contribution in [0.3, 0.4) is 0 Å². The van der Waals surface area contributed by atoms with Crippen LogP contribution < -0.4 is 0 Å². The van der Waals surface area contributed by atoms with E-state index in [9.17, 15) is 9.59 Å². The summed E-state index contributed by atoms with van der Waals surface area (Å²) in [6, 6.07) is 0. The molecule has 0 radical (unpaired) electrons. The second-order valence-electron chi connectivity index (χ2n) is 3.30. The third-order valence-corrected chi connectivity index (χ3v) is 3.10. The molecule has 1 rings (SSSR count). The third-order valence-electron chi connectivity index (χ3n) is 2.49. The van der Waals surface area contributed by atoms with Crippen LogP contribution in [0.5, 0.6) is 0 Å². The quantitative estimate of drug-likeness (QED) is 0.669. The SMILES string of the molecule is O=C(O)C1CCCCC1(Cl)C(=O)O. The fourth-order valence-corrected chi connectivity index (χ4v) is 2.04. The Bertz CT molecular complexity index is 240. The van der Waals surface area contributed by atoms with Crippen molar-refractivity contribution in [3.8, 4) is 0 Å². The lowest BCUT2D eigenvalue weighted by molar-refractivity contribution is -0.153. The van der Waals surface area contributed by atoms with Gasteiger partial charge in [-0.25, -0.2) is 0 Å². The van der Waals surface area contributed by atoms with Gasteiger partial charge in [-0.1, -0.05) is 12.8 Å². The van der Waals surface area contributed by atoms with Gasteiger partial charge in [0.15, 0.2) is 4.87 Å². The molecule has 1 aliphatic carbocycles. The van der Waals surface area contributed by atoms with Crippen LogP contribution in [0, 0.1) is 5.92 Å². The fourth-order valence-electron chi connectivity index (χ4n) is 1.71. The fraction of sp³-hybridized carbons (Fsp3) is 0.750. The van der Waals surface area contributed by atoms with Gasteiger partial charge in [-0.15, -0.1) is 11.6 Å². The smallest absolute Gasteiger partial charge is 0.325 e. The Morgan fingerprint density at radius 2 is 1.92 bits per heavy atom. The Morgan fingerprint density at radius 1 is 1.31 bits per heavy atom. The summed E-state index contributed by atoms with van der Waals surface area (Å²) >= 11 is 5.79. The summed E-state index contributed by atoms with van der Waals surface area (Å²) in [4.78, 5) is 19.9. The molecule has 74 valence electrons. The summed E-state index contributed by atoms with van der Waals surface area (Å²) in [6.07, 6.45) is 2.00. The maximum Gasteiger partial charge on any atom is 0.325 e.